The summed E-state index contributed by atoms with van der Waals surface area (Å²) in [4.78, 5) is 12.5. The standard InChI is InChI=1S/C18H13Cl2FN2O3S2/c19-15-8-5-13(10-16(15)20)22-17(24)11-23(14-6-3-12(21)4-7-14)28(25,26)18-2-1-9-27-18/h1-10H,11H2,(H,22,24). The summed E-state index contributed by atoms with van der Waals surface area (Å²) >= 11 is 12.8. The van der Waals surface area contributed by atoms with Gasteiger partial charge in [-0.25, -0.2) is 12.8 Å². The Morgan fingerprint density at radius 1 is 1.07 bits per heavy atom. The molecule has 0 aliphatic rings. The summed E-state index contributed by atoms with van der Waals surface area (Å²) in [5.41, 5.74) is 0.533. The Labute approximate surface area is 175 Å². The highest BCUT2D eigenvalue weighted by Gasteiger charge is 2.28. The molecule has 0 aliphatic carbocycles. The highest BCUT2D eigenvalue weighted by Crippen LogP contribution is 2.28. The number of anilines is 2. The number of carbonyl (C=O) groups excluding carboxylic acids is 1. The lowest BCUT2D eigenvalue weighted by Crippen LogP contribution is -2.37. The smallest absolute Gasteiger partial charge is 0.274 e. The average Bonchev–Trinajstić information content (AvgIpc) is 3.19. The third kappa shape index (κ3) is 4.64. The molecule has 3 aromatic rings. The van der Waals surface area contributed by atoms with Crippen molar-refractivity contribution >= 4 is 61.8 Å². The van der Waals surface area contributed by atoms with E-state index in [-0.39, 0.29) is 14.9 Å². The first-order valence-corrected chi connectivity index (χ1v) is 10.9. The quantitative estimate of drug-likeness (QED) is 0.563. The maximum atomic E-state index is 13.3. The molecule has 1 N–H and O–H groups in total. The number of rotatable bonds is 6. The number of nitrogens with zero attached hydrogens (tertiary/aromatic N) is 1. The lowest BCUT2D eigenvalue weighted by molar-refractivity contribution is -0.114. The summed E-state index contributed by atoms with van der Waals surface area (Å²) in [6, 6.07) is 12.4. The van der Waals surface area contributed by atoms with Crippen LogP contribution in [0, 0.1) is 5.82 Å². The van der Waals surface area contributed by atoms with Crippen molar-refractivity contribution in [1.29, 1.82) is 0 Å². The van der Waals surface area contributed by atoms with Crippen molar-refractivity contribution in [3.63, 3.8) is 0 Å². The van der Waals surface area contributed by atoms with Crippen molar-refractivity contribution in [3.05, 3.63) is 75.8 Å². The zero-order chi connectivity index (χ0) is 20.3. The topological polar surface area (TPSA) is 66.5 Å². The van der Waals surface area contributed by atoms with Crippen LogP contribution in [-0.4, -0.2) is 20.9 Å². The Morgan fingerprint density at radius 3 is 2.39 bits per heavy atom. The van der Waals surface area contributed by atoms with E-state index in [4.69, 9.17) is 23.2 Å². The Hall–Kier alpha value is -2.13. The van der Waals surface area contributed by atoms with Gasteiger partial charge in [0.15, 0.2) is 0 Å². The molecule has 0 fully saturated rings. The summed E-state index contributed by atoms with van der Waals surface area (Å²) in [5, 5.41) is 4.77. The molecule has 146 valence electrons. The fourth-order valence-corrected chi connectivity index (χ4v) is 5.17. The van der Waals surface area contributed by atoms with Gasteiger partial charge in [-0.3, -0.25) is 9.10 Å². The van der Waals surface area contributed by atoms with Crippen LogP contribution in [0.4, 0.5) is 15.8 Å². The molecule has 0 unspecified atom stereocenters. The van der Waals surface area contributed by atoms with Crippen LogP contribution < -0.4 is 9.62 Å². The zero-order valence-electron chi connectivity index (χ0n) is 14.1. The van der Waals surface area contributed by atoms with Crippen molar-refractivity contribution in [2.45, 2.75) is 4.21 Å². The predicted molar refractivity (Wildman–Crippen MR) is 110 cm³/mol. The first-order chi connectivity index (χ1) is 13.3. The van der Waals surface area contributed by atoms with Gasteiger partial charge >= 0.3 is 0 Å². The maximum absolute atomic E-state index is 13.3. The van der Waals surface area contributed by atoms with E-state index in [1.54, 1.807) is 17.5 Å². The molecule has 0 saturated carbocycles. The van der Waals surface area contributed by atoms with Gasteiger partial charge in [0.05, 0.1) is 15.7 Å². The minimum atomic E-state index is -4.00. The van der Waals surface area contributed by atoms with Crippen LogP contribution in [0.25, 0.3) is 0 Å². The molecule has 1 heterocycles. The highest BCUT2D eigenvalue weighted by atomic mass is 35.5. The van der Waals surface area contributed by atoms with E-state index in [9.17, 15) is 17.6 Å². The summed E-state index contributed by atoms with van der Waals surface area (Å²) < 4.78 is 40.2. The molecule has 2 aromatic carbocycles. The number of hydrogen-bond donors (Lipinski definition) is 1. The van der Waals surface area contributed by atoms with E-state index < -0.39 is 28.3 Å². The largest absolute Gasteiger partial charge is 0.324 e. The van der Waals surface area contributed by atoms with Crippen LogP contribution in [0.2, 0.25) is 10.0 Å². The summed E-state index contributed by atoms with van der Waals surface area (Å²) in [6.45, 7) is -0.508. The van der Waals surface area contributed by atoms with Gasteiger partial charge in [-0.05, 0) is 53.9 Å². The van der Waals surface area contributed by atoms with Crippen LogP contribution in [0.15, 0.2) is 64.2 Å². The molecule has 0 aliphatic heterocycles. The van der Waals surface area contributed by atoms with Crippen LogP contribution >= 0.6 is 34.5 Å². The van der Waals surface area contributed by atoms with Gasteiger partial charge in [0, 0.05) is 5.69 Å². The molecule has 28 heavy (non-hydrogen) atoms. The Bertz CT molecular complexity index is 1090. The molecule has 0 saturated heterocycles. The van der Waals surface area contributed by atoms with Gasteiger partial charge in [0.2, 0.25) is 5.91 Å². The Morgan fingerprint density at radius 2 is 1.79 bits per heavy atom. The van der Waals surface area contributed by atoms with Gasteiger partial charge in [-0.15, -0.1) is 11.3 Å². The lowest BCUT2D eigenvalue weighted by Gasteiger charge is -2.23. The molecule has 10 heteroatoms. The first kappa shape index (κ1) is 20.6. The summed E-state index contributed by atoms with van der Waals surface area (Å²) in [5.74, 6) is -1.11. The molecule has 5 nitrogen and oxygen atoms in total. The summed E-state index contributed by atoms with van der Waals surface area (Å²) in [6.07, 6.45) is 0. The molecule has 0 radical (unpaired) electrons. The normalized spacial score (nSPS) is 11.2. The highest BCUT2D eigenvalue weighted by molar-refractivity contribution is 7.94. The maximum Gasteiger partial charge on any atom is 0.274 e. The van der Waals surface area contributed by atoms with E-state index in [2.05, 4.69) is 5.32 Å². The zero-order valence-corrected chi connectivity index (χ0v) is 17.2. The number of nitrogens with one attached hydrogen (secondary N) is 1. The number of amides is 1. The Balaban J connectivity index is 1.89. The summed E-state index contributed by atoms with van der Waals surface area (Å²) in [7, 11) is -4.00. The number of halogens is 3. The van der Waals surface area contributed by atoms with Crippen molar-refractivity contribution in [2.75, 3.05) is 16.2 Å². The predicted octanol–water partition coefficient (Wildman–Crippen LogP) is 5.03. The van der Waals surface area contributed by atoms with E-state index in [1.807, 2.05) is 0 Å². The molecule has 0 bridgehead atoms. The average molecular weight is 459 g/mol. The van der Waals surface area contributed by atoms with Gasteiger partial charge in [0.25, 0.3) is 10.0 Å². The number of sulfonamides is 1. The van der Waals surface area contributed by atoms with Crippen LogP contribution in [0.5, 0.6) is 0 Å². The van der Waals surface area contributed by atoms with E-state index in [0.717, 1.165) is 27.8 Å². The second kappa shape index (κ2) is 8.48. The molecule has 1 aromatic heterocycles. The number of thiophene rings is 1. The van der Waals surface area contributed by atoms with Crippen molar-refractivity contribution < 1.29 is 17.6 Å². The van der Waals surface area contributed by atoms with E-state index in [0.29, 0.717) is 10.7 Å². The number of hydrogen-bond acceptors (Lipinski definition) is 4. The van der Waals surface area contributed by atoms with Crippen molar-refractivity contribution in [3.8, 4) is 0 Å². The van der Waals surface area contributed by atoms with Crippen LogP contribution in [-0.2, 0) is 14.8 Å². The first-order valence-electron chi connectivity index (χ1n) is 7.84. The molecule has 1 amide bonds. The monoisotopic (exact) mass is 458 g/mol. The van der Waals surface area contributed by atoms with Gasteiger partial charge < -0.3 is 5.32 Å². The van der Waals surface area contributed by atoms with Crippen molar-refractivity contribution in [1.82, 2.24) is 0 Å². The second-order valence-electron chi connectivity index (χ2n) is 5.60. The van der Waals surface area contributed by atoms with Gasteiger partial charge in [0.1, 0.15) is 16.6 Å². The SMILES string of the molecule is O=C(CN(c1ccc(F)cc1)S(=O)(=O)c1cccs1)Nc1ccc(Cl)c(Cl)c1. The minimum absolute atomic E-state index is 0.0687. The molecule has 0 spiro atoms. The minimum Gasteiger partial charge on any atom is -0.324 e. The number of benzene rings is 2. The lowest BCUT2D eigenvalue weighted by atomic mass is 10.3. The van der Waals surface area contributed by atoms with Crippen LogP contribution in [0.3, 0.4) is 0 Å². The van der Waals surface area contributed by atoms with Gasteiger partial charge in [-0.2, -0.15) is 0 Å². The van der Waals surface area contributed by atoms with E-state index in [1.165, 1.54) is 30.3 Å². The third-order valence-corrected chi connectivity index (χ3v) is 7.53. The van der Waals surface area contributed by atoms with E-state index >= 15 is 0 Å². The second-order valence-corrected chi connectivity index (χ2v) is 9.45. The molecule has 3 rings (SSSR count). The van der Waals surface area contributed by atoms with Gasteiger partial charge in [-0.1, -0.05) is 29.3 Å². The fraction of sp³-hybridized carbons (Fsp3) is 0.0556. The molecule has 0 atom stereocenters. The third-order valence-electron chi connectivity index (χ3n) is 3.64. The number of carbonyl (C=O) groups is 1. The molecular weight excluding hydrogens is 446 g/mol. The molecular formula is C18H13Cl2FN2O3S2. The van der Waals surface area contributed by atoms with Crippen molar-refractivity contribution in [2.24, 2.45) is 0 Å². The van der Waals surface area contributed by atoms with Crippen LogP contribution in [0.1, 0.15) is 0 Å². The Kier molecular flexibility index (Phi) is 6.24. The fourth-order valence-electron chi connectivity index (χ4n) is 2.35.